The normalized spacial score (nSPS) is 22.7. The first-order valence-electron chi connectivity index (χ1n) is 9.08. The molecule has 0 aromatic heterocycles. The van der Waals surface area contributed by atoms with Gasteiger partial charge in [-0.25, -0.2) is 0 Å². The first kappa shape index (κ1) is 23.9. The van der Waals surface area contributed by atoms with Gasteiger partial charge in [-0.3, -0.25) is 0 Å². The monoisotopic (exact) mass is 479 g/mol. The summed E-state index contributed by atoms with van der Waals surface area (Å²) in [7, 11) is -1.92. The molecule has 5 rings (SSSR count). The molecule has 2 unspecified atom stereocenters. The molecule has 0 bridgehead atoms. The van der Waals surface area contributed by atoms with Crippen LogP contribution < -0.4 is 35.2 Å². The summed E-state index contributed by atoms with van der Waals surface area (Å²) in [6.07, 6.45) is 0. The molecular formula is C23H22Cl3SiTi. The van der Waals surface area contributed by atoms with Crippen molar-refractivity contribution in [2.45, 2.75) is 34.2 Å². The van der Waals surface area contributed by atoms with Crippen LogP contribution >= 0.6 is 11.1 Å². The van der Waals surface area contributed by atoms with E-state index < -0.39 is 7.38 Å². The fourth-order valence-corrected chi connectivity index (χ4v) is 9.20. The van der Waals surface area contributed by atoms with Gasteiger partial charge in [-0.1, -0.05) is 53.7 Å². The van der Waals surface area contributed by atoms with E-state index in [1.165, 1.54) is 59.8 Å². The summed E-state index contributed by atoms with van der Waals surface area (Å²) in [5, 5.41) is 8.44. The van der Waals surface area contributed by atoms with Crippen molar-refractivity contribution < 1.29 is 46.5 Å². The molecule has 1 aliphatic carbocycles. The Morgan fingerprint density at radius 3 is 2.21 bits per heavy atom. The Morgan fingerprint density at radius 2 is 1.61 bits per heavy atom. The van der Waals surface area contributed by atoms with Crippen molar-refractivity contribution in [2.75, 3.05) is 0 Å². The van der Waals surface area contributed by atoms with Gasteiger partial charge in [0.2, 0.25) is 0 Å². The summed E-state index contributed by atoms with van der Waals surface area (Å²) >= 11 is 7.10. The Kier molecular flexibility index (Phi) is 6.55. The van der Waals surface area contributed by atoms with Crippen LogP contribution in [0.3, 0.4) is 0 Å². The van der Waals surface area contributed by atoms with Crippen LogP contribution in [-0.2, 0) is 21.7 Å². The van der Waals surface area contributed by atoms with Gasteiger partial charge in [-0.15, -0.1) is 33.7 Å². The van der Waals surface area contributed by atoms with E-state index in [4.69, 9.17) is 11.1 Å². The van der Waals surface area contributed by atoms with Crippen LogP contribution in [0, 0.1) is 5.92 Å². The summed E-state index contributed by atoms with van der Waals surface area (Å²) < 4.78 is 0. The van der Waals surface area contributed by atoms with Crippen LogP contribution in [0.15, 0.2) is 53.1 Å². The average Bonchev–Trinajstić information content (AvgIpc) is 2.91. The molecule has 0 saturated heterocycles. The quantitative estimate of drug-likeness (QED) is 0.255. The van der Waals surface area contributed by atoms with Crippen LogP contribution in [0.4, 0.5) is 0 Å². The minimum Gasteiger partial charge on any atom is -1.00 e. The molecule has 3 aromatic carbocycles. The van der Waals surface area contributed by atoms with Crippen LogP contribution in [0.5, 0.6) is 0 Å². The number of halogens is 3. The van der Waals surface area contributed by atoms with E-state index in [-0.39, 0.29) is 46.5 Å². The van der Waals surface area contributed by atoms with E-state index in [0.29, 0.717) is 5.92 Å². The van der Waals surface area contributed by atoms with Gasteiger partial charge in [0.05, 0.1) is 0 Å². The molecule has 28 heavy (non-hydrogen) atoms. The molecule has 143 valence electrons. The maximum atomic E-state index is 7.10. The average molecular weight is 481 g/mol. The minimum absolute atomic E-state index is 0. The molecular weight excluding hydrogens is 459 g/mol. The second kappa shape index (κ2) is 7.69. The first-order chi connectivity index (χ1) is 11.8. The molecule has 5 heteroatoms. The van der Waals surface area contributed by atoms with Crippen molar-refractivity contribution in [2.24, 2.45) is 5.92 Å². The van der Waals surface area contributed by atoms with Gasteiger partial charge in [-0.2, -0.15) is 11.1 Å². The van der Waals surface area contributed by atoms with Crippen LogP contribution in [0.1, 0.15) is 33.3 Å². The largest absolute Gasteiger partial charge is 3.00 e. The molecule has 0 nitrogen and oxygen atoms in total. The molecule has 0 fully saturated rings. The summed E-state index contributed by atoms with van der Waals surface area (Å²) in [6.45, 7) is 11.5. The molecule has 0 spiro atoms. The van der Waals surface area contributed by atoms with Gasteiger partial charge in [0.1, 0.15) is 0 Å². The van der Waals surface area contributed by atoms with Crippen molar-refractivity contribution in [1.82, 2.24) is 0 Å². The Balaban J connectivity index is 0.000000934. The van der Waals surface area contributed by atoms with Crippen molar-refractivity contribution in [1.29, 1.82) is 0 Å². The van der Waals surface area contributed by atoms with Crippen LogP contribution in [0.2, 0.25) is 6.55 Å². The number of fused-ring (bicyclic) bond motifs is 5. The molecule has 0 saturated carbocycles. The van der Waals surface area contributed by atoms with Crippen molar-refractivity contribution in [3.05, 3.63) is 58.7 Å². The van der Waals surface area contributed by atoms with Crippen molar-refractivity contribution >= 4 is 56.0 Å². The van der Waals surface area contributed by atoms with Gasteiger partial charge < -0.3 is 24.8 Å². The Hall–Kier alpha value is -0.409. The number of hydrogen-bond acceptors (Lipinski definition) is 0. The van der Waals surface area contributed by atoms with E-state index in [9.17, 15) is 0 Å². The molecule has 2 aliphatic rings. The summed E-state index contributed by atoms with van der Waals surface area (Å²) in [5.41, 5.74) is 7.37. The third kappa shape index (κ3) is 2.94. The van der Waals surface area contributed by atoms with E-state index in [1.54, 1.807) is 0 Å². The topological polar surface area (TPSA) is 0 Å². The van der Waals surface area contributed by atoms with E-state index in [2.05, 4.69) is 70.6 Å². The Bertz CT molecular complexity index is 1170. The number of benzene rings is 2. The molecule has 1 aliphatic heterocycles. The third-order valence-electron chi connectivity index (χ3n) is 6.73. The van der Waals surface area contributed by atoms with Crippen molar-refractivity contribution in [3.63, 3.8) is 0 Å². The van der Waals surface area contributed by atoms with E-state index in [1.807, 2.05) is 0 Å². The third-order valence-corrected chi connectivity index (χ3v) is 10.5. The number of rotatable bonds is 1. The molecule has 2 atom stereocenters. The summed E-state index contributed by atoms with van der Waals surface area (Å²) in [6, 6.07) is 13.5. The van der Waals surface area contributed by atoms with Gasteiger partial charge in [-0.05, 0) is 43.1 Å². The molecule has 1 radical (unpaired) electrons. The molecule has 0 amide bonds. The second-order valence-electron chi connectivity index (χ2n) is 7.94. The van der Waals surface area contributed by atoms with Crippen molar-refractivity contribution in [3.8, 4) is 0 Å². The molecule has 0 N–H and O–H groups in total. The predicted octanol–water partition coefficient (Wildman–Crippen LogP) is -0.281. The Morgan fingerprint density at radius 1 is 0.964 bits per heavy atom. The van der Waals surface area contributed by atoms with E-state index >= 15 is 0 Å². The summed E-state index contributed by atoms with van der Waals surface area (Å²) in [4.78, 5) is 0. The van der Waals surface area contributed by atoms with E-state index in [0.717, 1.165) is 0 Å². The smallest absolute Gasteiger partial charge is 1.00 e. The zero-order valence-corrected chi connectivity index (χ0v) is 21.5. The maximum absolute atomic E-state index is 7.10. The maximum Gasteiger partial charge on any atom is 3.00 e. The second-order valence-corrected chi connectivity index (χ2v) is 13.2. The van der Waals surface area contributed by atoms with Gasteiger partial charge in [0.25, 0.3) is 0 Å². The number of allylic oxidation sites excluding steroid dienone is 4. The van der Waals surface area contributed by atoms with Crippen LogP contribution in [-0.4, -0.2) is 7.38 Å². The fraction of sp³-hybridized carbons (Fsp3) is 0.261. The molecule has 3 aromatic rings. The standard InChI is InChI=1S/C23H22ClSi.2ClH.Ti/c1-12-13(2)15(4)21(14(12)3)20-11-18-17-9-7-6-8-16(17)10-19(18)22-23(20)25(22,5)24;;;/h6-11,14H,1-5H3;2*1H;/q-1;;;+3/p-2. The first-order valence-corrected chi connectivity index (χ1v) is 12.6. The summed E-state index contributed by atoms with van der Waals surface area (Å²) in [5.74, 6) is 0.491. The predicted molar refractivity (Wildman–Crippen MR) is 114 cm³/mol. The zero-order chi connectivity index (χ0) is 17.7. The van der Waals surface area contributed by atoms with Gasteiger partial charge in [0, 0.05) is 5.92 Å². The zero-order valence-electron chi connectivity index (χ0n) is 16.7. The minimum atomic E-state index is -1.92. The molecule has 1 heterocycles. The van der Waals surface area contributed by atoms with Gasteiger partial charge >= 0.3 is 21.7 Å². The fourth-order valence-electron chi connectivity index (χ4n) is 4.96. The Labute approximate surface area is 200 Å². The SMILES string of the molecule is CC1=C(C)C(C)C(c2cc3c([cH-]c4ccccc43)c3c2[Si]3(C)Cl)=C1C.[Cl-].[Cl-].[Ti+3]. The van der Waals surface area contributed by atoms with Crippen LogP contribution in [0.25, 0.3) is 27.1 Å². The van der Waals surface area contributed by atoms with Gasteiger partial charge in [0.15, 0.2) is 7.38 Å². The number of hydrogen-bond donors (Lipinski definition) is 0.